The number of aryl methyl sites for hydroxylation is 1. The number of carbonyl (C=O) groups is 1. The van der Waals surface area contributed by atoms with Crippen LogP contribution < -0.4 is 10.2 Å². The molecule has 0 bridgehead atoms. The topological polar surface area (TPSA) is 61.4 Å². The summed E-state index contributed by atoms with van der Waals surface area (Å²) in [5.74, 6) is 1.85. The van der Waals surface area contributed by atoms with Crippen LogP contribution in [0, 0.1) is 13.8 Å². The smallest absolute Gasteiger partial charge is 0.251 e. The molecule has 6 nitrogen and oxygen atoms in total. The van der Waals surface area contributed by atoms with Gasteiger partial charge in [0.1, 0.15) is 5.82 Å². The van der Waals surface area contributed by atoms with Gasteiger partial charge in [-0.2, -0.15) is 0 Å². The number of amides is 1. The minimum absolute atomic E-state index is 0.0242. The van der Waals surface area contributed by atoms with Crippen molar-refractivity contribution in [1.29, 1.82) is 0 Å². The van der Waals surface area contributed by atoms with Crippen LogP contribution in [-0.4, -0.2) is 59.5 Å². The molecule has 1 saturated carbocycles. The molecule has 2 heterocycles. The summed E-state index contributed by atoms with van der Waals surface area (Å²) in [6.07, 6.45) is 6.65. The Kier molecular flexibility index (Phi) is 8.21. The van der Waals surface area contributed by atoms with Crippen LogP contribution in [-0.2, 0) is 5.75 Å². The molecule has 0 radical (unpaired) electrons. The number of piperazine rings is 1. The number of thioether (sulfide) groups is 1. The number of hydrogen-bond acceptors (Lipinski definition) is 6. The van der Waals surface area contributed by atoms with Crippen LogP contribution >= 0.6 is 11.8 Å². The number of hydrogen-bond donors (Lipinski definition) is 1. The molecule has 1 aliphatic carbocycles. The fourth-order valence-corrected chi connectivity index (χ4v) is 5.24. The largest absolute Gasteiger partial charge is 0.354 e. The van der Waals surface area contributed by atoms with Gasteiger partial charge < -0.3 is 10.2 Å². The molecule has 1 aliphatic heterocycles. The second-order valence-electron chi connectivity index (χ2n) is 9.87. The van der Waals surface area contributed by atoms with Gasteiger partial charge in [-0.05, 0) is 49.9 Å². The normalized spacial score (nSPS) is 16.3. The Bertz CT molecular complexity index is 1230. The molecule has 7 heteroatoms. The molecule has 2 aromatic carbocycles. The molecule has 1 amide bonds. The van der Waals surface area contributed by atoms with E-state index in [-0.39, 0.29) is 5.91 Å². The number of nitrogens with one attached hydrogen (secondary N) is 1. The second kappa shape index (κ2) is 11.9. The van der Waals surface area contributed by atoms with Crippen LogP contribution in [0.2, 0.25) is 0 Å². The van der Waals surface area contributed by atoms with Crippen LogP contribution in [0.5, 0.6) is 0 Å². The van der Waals surface area contributed by atoms with E-state index in [2.05, 4.69) is 65.4 Å². The fraction of sp³-hybridized carbons (Fsp3) is 0.367. The predicted octanol–water partition coefficient (Wildman–Crippen LogP) is 5.11. The van der Waals surface area contributed by atoms with Crippen LogP contribution in [0.15, 0.2) is 65.8 Å². The Morgan fingerprint density at radius 1 is 1.00 bits per heavy atom. The lowest BCUT2D eigenvalue weighted by molar-refractivity contribution is 0.0951. The van der Waals surface area contributed by atoms with Gasteiger partial charge in [-0.1, -0.05) is 66.4 Å². The van der Waals surface area contributed by atoms with Gasteiger partial charge in [0.2, 0.25) is 0 Å². The van der Waals surface area contributed by atoms with Gasteiger partial charge in [-0.15, -0.1) is 0 Å². The van der Waals surface area contributed by atoms with E-state index < -0.39 is 0 Å². The minimum atomic E-state index is 0.0242. The third-order valence-electron chi connectivity index (χ3n) is 6.98. The molecular weight excluding hydrogens is 478 g/mol. The highest BCUT2D eigenvalue weighted by atomic mass is 32.2. The minimum Gasteiger partial charge on any atom is -0.354 e. The van der Waals surface area contributed by atoms with E-state index in [0.29, 0.717) is 6.04 Å². The molecule has 1 aromatic heterocycles. The van der Waals surface area contributed by atoms with Gasteiger partial charge in [-0.25, -0.2) is 9.97 Å². The maximum atomic E-state index is 12.2. The monoisotopic (exact) mass is 513 g/mol. The molecule has 1 saturated heterocycles. The van der Waals surface area contributed by atoms with E-state index in [0.717, 1.165) is 84.7 Å². The van der Waals surface area contributed by atoms with Crippen molar-refractivity contribution in [1.82, 2.24) is 20.2 Å². The van der Waals surface area contributed by atoms with Gasteiger partial charge in [0.15, 0.2) is 5.16 Å². The molecule has 3 aromatic rings. The summed E-state index contributed by atoms with van der Waals surface area (Å²) < 4.78 is 0. The number of benzene rings is 2. The van der Waals surface area contributed by atoms with Gasteiger partial charge in [0, 0.05) is 61.3 Å². The lowest BCUT2D eigenvalue weighted by atomic mass is 10.1. The summed E-state index contributed by atoms with van der Waals surface area (Å²) in [7, 11) is 0. The summed E-state index contributed by atoms with van der Waals surface area (Å²) in [6, 6.07) is 18.7. The number of anilines is 1. The number of carbonyl (C=O) groups excluding carboxylic acids is 1. The van der Waals surface area contributed by atoms with Gasteiger partial charge in [0.25, 0.3) is 5.91 Å². The Hall–Kier alpha value is -3.16. The standard InChI is InChI=1S/C30H35N5OS/c1-22-23(2)31-30(37-21-25-10-12-26(13-11-25)29(36)32-27-14-15-27)33-28(22)35-19-17-34(18-20-35)16-6-9-24-7-4-3-5-8-24/h3-13,27H,14-21H2,1-2H3,(H,32,36)/b9-6+. The highest BCUT2D eigenvalue weighted by Gasteiger charge is 2.24. The van der Waals surface area contributed by atoms with E-state index in [1.165, 1.54) is 5.56 Å². The maximum Gasteiger partial charge on any atom is 0.251 e. The van der Waals surface area contributed by atoms with Crippen molar-refractivity contribution in [3.05, 3.63) is 88.6 Å². The van der Waals surface area contributed by atoms with Crippen molar-refractivity contribution in [2.75, 3.05) is 37.6 Å². The molecule has 0 spiro atoms. The van der Waals surface area contributed by atoms with Crippen molar-refractivity contribution in [2.45, 2.75) is 43.6 Å². The molecule has 0 unspecified atom stereocenters. The predicted molar refractivity (Wildman–Crippen MR) is 152 cm³/mol. The first-order valence-corrected chi connectivity index (χ1v) is 14.1. The first-order chi connectivity index (χ1) is 18.0. The van der Waals surface area contributed by atoms with Crippen LogP contribution in [0.1, 0.15) is 45.6 Å². The summed E-state index contributed by atoms with van der Waals surface area (Å²) in [4.78, 5) is 26.8. The van der Waals surface area contributed by atoms with Crippen LogP contribution in [0.25, 0.3) is 6.08 Å². The quantitative estimate of drug-likeness (QED) is 0.317. The van der Waals surface area contributed by atoms with E-state index in [4.69, 9.17) is 9.97 Å². The molecule has 37 heavy (non-hydrogen) atoms. The summed E-state index contributed by atoms with van der Waals surface area (Å²) in [6.45, 7) is 9.13. The number of rotatable bonds is 9. The lowest BCUT2D eigenvalue weighted by Gasteiger charge is -2.35. The highest BCUT2D eigenvalue weighted by molar-refractivity contribution is 7.98. The molecule has 2 aliphatic rings. The van der Waals surface area contributed by atoms with Gasteiger partial charge >= 0.3 is 0 Å². The van der Waals surface area contributed by atoms with E-state index in [1.54, 1.807) is 11.8 Å². The van der Waals surface area contributed by atoms with Crippen molar-refractivity contribution in [2.24, 2.45) is 0 Å². The average Bonchev–Trinajstić information content (AvgIpc) is 3.75. The number of nitrogens with zero attached hydrogens (tertiary/aromatic N) is 4. The van der Waals surface area contributed by atoms with Crippen molar-refractivity contribution >= 4 is 29.6 Å². The zero-order valence-corrected chi connectivity index (χ0v) is 22.5. The van der Waals surface area contributed by atoms with Crippen LogP contribution in [0.4, 0.5) is 5.82 Å². The lowest BCUT2D eigenvalue weighted by Crippen LogP contribution is -2.47. The zero-order chi connectivity index (χ0) is 25.6. The molecule has 5 rings (SSSR count). The zero-order valence-electron chi connectivity index (χ0n) is 21.7. The Balaban J connectivity index is 1.15. The Morgan fingerprint density at radius 2 is 1.73 bits per heavy atom. The van der Waals surface area contributed by atoms with Crippen molar-refractivity contribution in [3.8, 4) is 0 Å². The third kappa shape index (κ3) is 6.99. The number of aromatic nitrogens is 2. The molecule has 1 N–H and O–H groups in total. The summed E-state index contributed by atoms with van der Waals surface area (Å²) in [5.41, 5.74) is 5.32. The van der Waals surface area contributed by atoms with Gasteiger partial charge in [-0.3, -0.25) is 9.69 Å². The van der Waals surface area contributed by atoms with Gasteiger partial charge in [0.05, 0.1) is 0 Å². The summed E-state index contributed by atoms with van der Waals surface area (Å²) >= 11 is 1.65. The Labute approximate surface area is 224 Å². The molecule has 2 fully saturated rings. The first kappa shape index (κ1) is 25.5. The van der Waals surface area contributed by atoms with Crippen molar-refractivity contribution < 1.29 is 4.79 Å². The SMILES string of the molecule is Cc1nc(SCc2ccc(C(=O)NC3CC3)cc2)nc(N2CCN(C/C=C/c3ccccc3)CC2)c1C. The summed E-state index contributed by atoms with van der Waals surface area (Å²) in [5, 5.41) is 3.85. The maximum absolute atomic E-state index is 12.2. The molecular formula is C30H35N5OS. The van der Waals surface area contributed by atoms with E-state index >= 15 is 0 Å². The van der Waals surface area contributed by atoms with Crippen molar-refractivity contribution in [3.63, 3.8) is 0 Å². The van der Waals surface area contributed by atoms with Crippen LogP contribution in [0.3, 0.4) is 0 Å². The highest BCUT2D eigenvalue weighted by Crippen LogP contribution is 2.27. The van der Waals surface area contributed by atoms with E-state index in [1.807, 2.05) is 30.3 Å². The molecule has 0 atom stereocenters. The fourth-order valence-electron chi connectivity index (χ4n) is 4.40. The van der Waals surface area contributed by atoms with E-state index in [9.17, 15) is 4.79 Å². The third-order valence-corrected chi connectivity index (χ3v) is 7.90. The first-order valence-electron chi connectivity index (χ1n) is 13.1. The second-order valence-corrected chi connectivity index (χ2v) is 10.8. The molecule has 192 valence electrons. The Morgan fingerprint density at radius 3 is 2.43 bits per heavy atom. The average molecular weight is 514 g/mol.